The summed E-state index contributed by atoms with van der Waals surface area (Å²) in [6.07, 6.45) is 4.71. The number of esters is 1. The van der Waals surface area contributed by atoms with Crippen LogP contribution in [-0.4, -0.2) is 25.2 Å². The molecule has 0 bridgehead atoms. The number of hydrogen-bond donors (Lipinski definition) is 1. The predicted molar refractivity (Wildman–Crippen MR) is 58.1 cm³/mol. The number of unbranched alkanes of at least 4 members (excludes halogenated alkanes) is 1. The highest BCUT2D eigenvalue weighted by molar-refractivity contribution is 5.75. The number of rotatable bonds is 7. The summed E-state index contributed by atoms with van der Waals surface area (Å²) >= 11 is 0. The van der Waals surface area contributed by atoms with Gasteiger partial charge in [-0.15, -0.1) is 6.58 Å². The molecule has 2 atom stereocenters. The molecule has 0 aromatic rings. The van der Waals surface area contributed by atoms with E-state index in [9.17, 15) is 4.79 Å². The molecule has 1 N–H and O–H groups in total. The second kappa shape index (κ2) is 7.56. The standard InChI is InChI=1S/C11H21NO2/c1-5-7-8-10(11(13)14-4)12-9(3)6-2/h6,9-10,12H,2,5,7-8H2,1,3-4H3. The molecule has 0 aliphatic carbocycles. The van der Waals surface area contributed by atoms with Crippen LogP contribution in [-0.2, 0) is 9.53 Å². The molecule has 3 nitrogen and oxygen atoms in total. The molecule has 82 valence electrons. The first-order valence-electron chi connectivity index (χ1n) is 5.12. The molecule has 0 aliphatic rings. The van der Waals surface area contributed by atoms with E-state index in [1.165, 1.54) is 7.11 Å². The molecule has 0 aliphatic heterocycles. The van der Waals surface area contributed by atoms with Crippen LogP contribution in [0.5, 0.6) is 0 Å². The third-order valence-electron chi connectivity index (χ3n) is 2.15. The normalized spacial score (nSPS) is 14.5. The van der Waals surface area contributed by atoms with Crippen molar-refractivity contribution >= 4 is 5.97 Å². The summed E-state index contributed by atoms with van der Waals surface area (Å²) in [5.74, 6) is -0.188. The molecule has 0 fully saturated rings. The van der Waals surface area contributed by atoms with Gasteiger partial charge in [-0.1, -0.05) is 25.8 Å². The Morgan fingerprint density at radius 3 is 2.71 bits per heavy atom. The molecule has 3 heteroatoms. The van der Waals surface area contributed by atoms with E-state index < -0.39 is 0 Å². The first kappa shape index (κ1) is 13.2. The van der Waals surface area contributed by atoms with Crippen molar-refractivity contribution in [1.82, 2.24) is 5.32 Å². The Balaban J connectivity index is 4.09. The number of ether oxygens (including phenoxy) is 1. The number of carbonyl (C=O) groups is 1. The summed E-state index contributed by atoms with van der Waals surface area (Å²) in [7, 11) is 1.42. The molecule has 0 saturated heterocycles. The van der Waals surface area contributed by atoms with Gasteiger partial charge in [0.2, 0.25) is 0 Å². The lowest BCUT2D eigenvalue weighted by molar-refractivity contribution is -0.143. The highest BCUT2D eigenvalue weighted by Gasteiger charge is 2.18. The van der Waals surface area contributed by atoms with E-state index >= 15 is 0 Å². The number of carbonyl (C=O) groups excluding carboxylic acids is 1. The Morgan fingerprint density at radius 2 is 2.29 bits per heavy atom. The van der Waals surface area contributed by atoms with Crippen LogP contribution in [0.2, 0.25) is 0 Å². The van der Waals surface area contributed by atoms with Crippen LogP contribution in [0.15, 0.2) is 12.7 Å². The monoisotopic (exact) mass is 199 g/mol. The lowest BCUT2D eigenvalue weighted by atomic mass is 10.1. The smallest absolute Gasteiger partial charge is 0.322 e. The first-order chi connectivity index (χ1) is 6.65. The number of methoxy groups -OCH3 is 1. The minimum absolute atomic E-state index is 0.135. The maximum atomic E-state index is 11.4. The van der Waals surface area contributed by atoms with Gasteiger partial charge in [-0.25, -0.2) is 0 Å². The van der Waals surface area contributed by atoms with Crippen molar-refractivity contribution in [2.75, 3.05) is 7.11 Å². The number of nitrogens with one attached hydrogen (secondary N) is 1. The third-order valence-corrected chi connectivity index (χ3v) is 2.15. The quantitative estimate of drug-likeness (QED) is 0.502. The highest BCUT2D eigenvalue weighted by atomic mass is 16.5. The first-order valence-corrected chi connectivity index (χ1v) is 5.12. The zero-order chi connectivity index (χ0) is 11.0. The molecule has 0 amide bonds. The molecule has 0 saturated carbocycles. The summed E-state index contributed by atoms with van der Waals surface area (Å²) in [5, 5.41) is 3.16. The van der Waals surface area contributed by atoms with Crippen LogP contribution < -0.4 is 5.32 Å². The van der Waals surface area contributed by atoms with E-state index in [1.54, 1.807) is 6.08 Å². The second-order valence-electron chi connectivity index (χ2n) is 3.41. The van der Waals surface area contributed by atoms with Crippen molar-refractivity contribution in [2.24, 2.45) is 0 Å². The van der Waals surface area contributed by atoms with Crippen LogP contribution >= 0.6 is 0 Å². The summed E-state index contributed by atoms with van der Waals surface area (Å²) < 4.78 is 4.72. The fraction of sp³-hybridized carbons (Fsp3) is 0.727. The molecule has 2 unspecified atom stereocenters. The highest BCUT2D eigenvalue weighted by Crippen LogP contribution is 2.03. The molecular weight excluding hydrogens is 178 g/mol. The molecule has 0 heterocycles. The van der Waals surface area contributed by atoms with Gasteiger partial charge in [0, 0.05) is 6.04 Å². The average molecular weight is 199 g/mol. The second-order valence-corrected chi connectivity index (χ2v) is 3.41. The maximum absolute atomic E-state index is 11.4. The van der Waals surface area contributed by atoms with Gasteiger partial charge < -0.3 is 4.74 Å². The van der Waals surface area contributed by atoms with E-state index in [1.807, 2.05) is 6.92 Å². The Kier molecular flexibility index (Phi) is 7.11. The maximum Gasteiger partial charge on any atom is 0.322 e. The molecule has 0 aromatic carbocycles. The van der Waals surface area contributed by atoms with Gasteiger partial charge in [0.25, 0.3) is 0 Å². The Labute approximate surface area is 86.5 Å². The summed E-state index contributed by atoms with van der Waals surface area (Å²) in [5.41, 5.74) is 0. The lowest BCUT2D eigenvalue weighted by Gasteiger charge is -2.18. The van der Waals surface area contributed by atoms with Gasteiger partial charge in [0.05, 0.1) is 7.11 Å². The zero-order valence-electron chi connectivity index (χ0n) is 9.38. The van der Waals surface area contributed by atoms with Crippen molar-refractivity contribution < 1.29 is 9.53 Å². The molecule has 0 radical (unpaired) electrons. The average Bonchev–Trinajstić information content (AvgIpc) is 2.22. The predicted octanol–water partition coefficient (Wildman–Crippen LogP) is 1.88. The van der Waals surface area contributed by atoms with Crippen LogP contribution in [0, 0.1) is 0 Å². The van der Waals surface area contributed by atoms with E-state index in [0.29, 0.717) is 0 Å². The van der Waals surface area contributed by atoms with Gasteiger partial charge in [-0.3, -0.25) is 10.1 Å². The van der Waals surface area contributed by atoms with Crippen molar-refractivity contribution in [2.45, 2.75) is 45.2 Å². The SMILES string of the molecule is C=CC(C)NC(CCCC)C(=O)OC. The van der Waals surface area contributed by atoms with Crippen LogP contribution in [0.4, 0.5) is 0 Å². The number of hydrogen-bond acceptors (Lipinski definition) is 3. The minimum Gasteiger partial charge on any atom is -0.468 e. The van der Waals surface area contributed by atoms with E-state index in [2.05, 4.69) is 18.8 Å². The van der Waals surface area contributed by atoms with Crippen molar-refractivity contribution in [3.8, 4) is 0 Å². The molecule has 14 heavy (non-hydrogen) atoms. The fourth-order valence-electron chi connectivity index (χ4n) is 1.21. The summed E-state index contributed by atoms with van der Waals surface area (Å²) in [4.78, 5) is 11.4. The zero-order valence-corrected chi connectivity index (χ0v) is 9.38. The molecule has 0 rings (SSSR count). The summed E-state index contributed by atoms with van der Waals surface area (Å²) in [6.45, 7) is 7.73. The van der Waals surface area contributed by atoms with Crippen molar-refractivity contribution in [1.29, 1.82) is 0 Å². The van der Waals surface area contributed by atoms with Gasteiger partial charge in [0.15, 0.2) is 0 Å². The van der Waals surface area contributed by atoms with E-state index in [-0.39, 0.29) is 18.1 Å². The molecule has 0 spiro atoms. The van der Waals surface area contributed by atoms with Gasteiger partial charge in [-0.2, -0.15) is 0 Å². The van der Waals surface area contributed by atoms with E-state index in [4.69, 9.17) is 4.74 Å². The van der Waals surface area contributed by atoms with Crippen LogP contribution in [0.3, 0.4) is 0 Å². The Hall–Kier alpha value is -0.830. The van der Waals surface area contributed by atoms with Gasteiger partial charge in [-0.05, 0) is 13.3 Å². The largest absolute Gasteiger partial charge is 0.468 e. The van der Waals surface area contributed by atoms with Crippen molar-refractivity contribution in [3.05, 3.63) is 12.7 Å². The van der Waals surface area contributed by atoms with Crippen molar-refractivity contribution in [3.63, 3.8) is 0 Å². The summed E-state index contributed by atoms with van der Waals surface area (Å²) in [6, 6.07) is -0.0658. The van der Waals surface area contributed by atoms with Gasteiger partial charge in [0.1, 0.15) is 6.04 Å². The van der Waals surface area contributed by atoms with Gasteiger partial charge >= 0.3 is 5.97 Å². The lowest BCUT2D eigenvalue weighted by Crippen LogP contribution is -2.41. The molecule has 0 aromatic heterocycles. The van der Waals surface area contributed by atoms with Crippen LogP contribution in [0.25, 0.3) is 0 Å². The molecular formula is C11H21NO2. The Bertz CT molecular complexity index is 180. The third kappa shape index (κ3) is 5.02. The van der Waals surface area contributed by atoms with E-state index in [0.717, 1.165) is 19.3 Å². The Morgan fingerprint density at radius 1 is 1.64 bits per heavy atom. The minimum atomic E-state index is -0.201. The fourth-order valence-corrected chi connectivity index (χ4v) is 1.21. The topological polar surface area (TPSA) is 38.3 Å². The van der Waals surface area contributed by atoms with Crippen LogP contribution in [0.1, 0.15) is 33.1 Å².